The first-order valence-electron chi connectivity index (χ1n) is 5.58. The number of benzene rings is 2. The molecule has 3 rings (SSSR count). The van der Waals surface area contributed by atoms with Crippen molar-refractivity contribution in [3.8, 4) is 0 Å². The molecule has 0 saturated carbocycles. The molecule has 0 aliphatic heterocycles. The Morgan fingerprint density at radius 1 is 0.895 bits per heavy atom. The molecule has 0 saturated heterocycles. The summed E-state index contributed by atoms with van der Waals surface area (Å²) in [6.07, 6.45) is 0. The summed E-state index contributed by atoms with van der Waals surface area (Å²) in [7, 11) is 0. The minimum absolute atomic E-state index is 0. The van der Waals surface area contributed by atoms with E-state index >= 15 is 0 Å². The molecule has 0 spiro atoms. The summed E-state index contributed by atoms with van der Waals surface area (Å²) in [6.45, 7) is 0. The van der Waals surface area contributed by atoms with Crippen LogP contribution in [0.3, 0.4) is 0 Å². The molecule has 1 heterocycles. The highest BCUT2D eigenvalue weighted by Gasteiger charge is 2.05. The molecule has 0 radical (unpaired) electrons. The van der Waals surface area contributed by atoms with E-state index in [2.05, 4.69) is 4.98 Å². The van der Waals surface area contributed by atoms with Gasteiger partial charge in [0.1, 0.15) is 5.69 Å². The Morgan fingerprint density at radius 2 is 1.42 bits per heavy atom. The van der Waals surface area contributed by atoms with Gasteiger partial charge < -0.3 is 15.6 Å². The van der Waals surface area contributed by atoms with Crippen LogP contribution in [-0.4, -0.2) is 21.5 Å². The minimum Gasteiger partial charge on any atom is -0.477 e. The Morgan fingerprint density at radius 3 is 1.89 bits per heavy atom. The van der Waals surface area contributed by atoms with Gasteiger partial charge in [0.2, 0.25) is 0 Å². The van der Waals surface area contributed by atoms with E-state index in [4.69, 9.17) is 5.11 Å². The summed E-state index contributed by atoms with van der Waals surface area (Å²) in [5.74, 6) is -0.925. The van der Waals surface area contributed by atoms with Crippen LogP contribution >= 0.6 is 0 Å². The second kappa shape index (κ2) is 6.98. The number of para-hydroxylation sites is 1. The predicted molar refractivity (Wildman–Crippen MR) is 75.3 cm³/mol. The number of rotatable bonds is 1. The summed E-state index contributed by atoms with van der Waals surface area (Å²) in [4.78, 5) is 13.3. The number of H-pyrrole nitrogens is 1. The van der Waals surface area contributed by atoms with Crippen molar-refractivity contribution in [2.75, 3.05) is 0 Å². The molecule has 4 nitrogen and oxygen atoms in total. The Bertz CT molecular complexity index is 572. The van der Waals surface area contributed by atoms with Gasteiger partial charge in [-0.05, 0) is 12.1 Å². The molecule has 2 aromatic carbocycles. The molecule has 0 atom stereocenters. The zero-order chi connectivity index (χ0) is 12.8. The van der Waals surface area contributed by atoms with E-state index in [1.54, 1.807) is 6.07 Å². The first-order valence-corrected chi connectivity index (χ1v) is 5.58. The van der Waals surface area contributed by atoms with Crippen LogP contribution in [0.25, 0.3) is 10.9 Å². The maximum atomic E-state index is 10.5. The zero-order valence-corrected chi connectivity index (χ0v) is 10.2. The lowest BCUT2D eigenvalue weighted by atomic mass is 10.2. The number of carboxylic acid groups (broad SMARTS) is 1. The van der Waals surface area contributed by atoms with Gasteiger partial charge in [0.05, 0.1) is 0 Å². The molecule has 4 N–H and O–H groups in total. The highest BCUT2D eigenvalue weighted by atomic mass is 16.4. The lowest BCUT2D eigenvalue weighted by Crippen LogP contribution is -1.94. The molecule has 0 bridgehead atoms. The fourth-order valence-electron chi connectivity index (χ4n) is 1.57. The van der Waals surface area contributed by atoms with Gasteiger partial charge in [-0.15, -0.1) is 0 Å². The van der Waals surface area contributed by atoms with E-state index in [0.717, 1.165) is 10.9 Å². The normalized spacial score (nSPS) is 9.05. The Kier molecular flexibility index (Phi) is 5.32. The third-order valence-corrected chi connectivity index (χ3v) is 2.43. The standard InChI is InChI=1S/C9H7NO2.C6H6.H2O/c11-9(12)8-5-6-3-1-2-4-7(6)10-8;1-2-4-6-5-3-1;/h1-5,10H,(H,11,12);1-6H;1H2. The maximum absolute atomic E-state index is 10.5. The van der Waals surface area contributed by atoms with Crippen LogP contribution < -0.4 is 0 Å². The maximum Gasteiger partial charge on any atom is 0.352 e. The van der Waals surface area contributed by atoms with Crippen LogP contribution in [0.2, 0.25) is 0 Å². The van der Waals surface area contributed by atoms with Gasteiger partial charge in [0, 0.05) is 10.9 Å². The molecule has 0 aliphatic carbocycles. The van der Waals surface area contributed by atoms with Crippen LogP contribution in [0.4, 0.5) is 0 Å². The number of aromatic amines is 1. The third kappa shape index (κ3) is 3.97. The Balaban J connectivity index is 0.000000220. The lowest BCUT2D eigenvalue weighted by molar-refractivity contribution is 0.0691. The second-order valence-corrected chi connectivity index (χ2v) is 3.73. The summed E-state index contributed by atoms with van der Waals surface area (Å²) < 4.78 is 0. The quantitative estimate of drug-likeness (QED) is 0.702. The highest BCUT2D eigenvalue weighted by Crippen LogP contribution is 2.13. The third-order valence-electron chi connectivity index (χ3n) is 2.43. The van der Waals surface area contributed by atoms with Gasteiger partial charge in [-0.1, -0.05) is 54.6 Å². The Labute approximate surface area is 110 Å². The summed E-state index contributed by atoms with van der Waals surface area (Å²) in [6, 6.07) is 21.1. The fraction of sp³-hybridized carbons (Fsp3) is 0. The first kappa shape index (κ1) is 14.5. The molecule has 0 unspecified atom stereocenters. The number of aromatic carboxylic acids is 1. The van der Waals surface area contributed by atoms with E-state index in [-0.39, 0.29) is 11.2 Å². The van der Waals surface area contributed by atoms with Crippen LogP contribution in [0.15, 0.2) is 66.7 Å². The molecular formula is C15H15NO3. The minimum atomic E-state index is -0.925. The number of aromatic nitrogens is 1. The molecule has 0 aliphatic rings. The van der Waals surface area contributed by atoms with Crippen LogP contribution in [-0.2, 0) is 0 Å². The van der Waals surface area contributed by atoms with Gasteiger partial charge in [0.15, 0.2) is 0 Å². The number of carbonyl (C=O) groups is 1. The molecular weight excluding hydrogens is 242 g/mol. The summed E-state index contributed by atoms with van der Waals surface area (Å²) >= 11 is 0. The fourth-order valence-corrected chi connectivity index (χ4v) is 1.57. The number of nitrogens with one attached hydrogen (secondary N) is 1. The van der Waals surface area contributed by atoms with Gasteiger partial charge in [-0.3, -0.25) is 0 Å². The molecule has 0 fully saturated rings. The van der Waals surface area contributed by atoms with Crippen molar-refractivity contribution < 1.29 is 15.4 Å². The van der Waals surface area contributed by atoms with Crippen molar-refractivity contribution in [2.24, 2.45) is 0 Å². The van der Waals surface area contributed by atoms with Gasteiger partial charge >= 0.3 is 5.97 Å². The van der Waals surface area contributed by atoms with E-state index in [9.17, 15) is 4.79 Å². The van der Waals surface area contributed by atoms with E-state index in [0.29, 0.717) is 0 Å². The van der Waals surface area contributed by atoms with Gasteiger partial charge in [-0.2, -0.15) is 0 Å². The number of fused-ring (bicyclic) bond motifs is 1. The topological polar surface area (TPSA) is 84.6 Å². The van der Waals surface area contributed by atoms with Gasteiger partial charge in [0.25, 0.3) is 0 Å². The van der Waals surface area contributed by atoms with Crippen molar-refractivity contribution in [3.63, 3.8) is 0 Å². The number of hydrogen-bond acceptors (Lipinski definition) is 1. The average Bonchev–Trinajstić information content (AvgIpc) is 2.85. The van der Waals surface area contributed by atoms with Crippen molar-refractivity contribution in [3.05, 3.63) is 72.4 Å². The van der Waals surface area contributed by atoms with Crippen molar-refractivity contribution in [1.82, 2.24) is 4.98 Å². The van der Waals surface area contributed by atoms with Crippen molar-refractivity contribution in [2.45, 2.75) is 0 Å². The molecule has 1 aromatic heterocycles. The average molecular weight is 257 g/mol. The van der Waals surface area contributed by atoms with E-state index in [1.807, 2.05) is 60.7 Å². The Hall–Kier alpha value is -2.59. The highest BCUT2D eigenvalue weighted by molar-refractivity contribution is 5.93. The van der Waals surface area contributed by atoms with Crippen LogP contribution in [0.5, 0.6) is 0 Å². The van der Waals surface area contributed by atoms with Gasteiger partial charge in [-0.25, -0.2) is 4.79 Å². The number of hydrogen-bond donors (Lipinski definition) is 2. The van der Waals surface area contributed by atoms with Crippen LogP contribution in [0, 0.1) is 0 Å². The second-order valence-electron chi connectivity index (χ2n) is 3.73. The number of carboxylic acids is 1. The molecule has 0 amide bonds. The summed E-state index contributed by atoms with van der Waals surface area (Å²) in [5, 5.41) is 9.58. The zero-order valence-electron chi connectivity index (χ0n) is 10.2. The monoisotopic (exact) mass is 257 g/mol. The van der Waals surface area contributed by atoms with Crippen molar-refractivity contribution in [1.29, 1.82) is 0 Å². The first-order chi connectivity index (χ1) is 8.77. The SMILES string of the molecule is O.O=C(O)c1cc2ccccc2[nH]1.c1ccccc1. The largest absolute Gasteiger partial charge is 0.477 e. The molecule has 98 valence electrons. The van der Waals surface area contributed by atoms with Crippen molar-refractivity contribution >= 4 is 16.9 Å². The predicted octanol–water partition coefficient (Wildman–Crippen LogP) is 2.73. The van der Waals surface area contributed by atoms with E-state index < -0.39 is 5.97 Å². The molecule has 19 heavy (non-hydrogen) atoms. The molecule has 3 aromatic rings. The summed E-state index contributed by atoms with van der Waals surface area (Å²) in [5.41, 5.74) is 1.09. The lowest BCUT2D eigenvalue weighted by Gasteiger charge is -1.84. The van der Waals surface area contributed by atoms with E-state index in [1.165, 1.54) is 0 Å². The van der Waals surface area contributed by atoms with Crippen LogP contribution in [0.1, 0.15) is 10.5 Å². The molecule has 4 heteroatoms. The smallest absolute Gasteiger partial charge is 0.352 e.